The predicted octanol–water partition coefficient (Wildman–Crippen LogP) is 6.40. The van der Waals surface area contributed by atoms with Gasteiger partial charge in [-0.1, -0.05) is 42.0 Å². The Morgan fingerprint density at radius 2 is 1.74 bits per heavy atom. The Hall–Kier alpha value is -3.32. The number of aromatic nitrogens is 3. The van der Waals surface area contributed by atoms with Gasteiger partial charge in [-0.15, -0.1) is 11.3 Å². The van der Waals surface area contributed by atoms with Crippen LogP contribution in [0.1, 0.15) is 43.1 Å². The third-order valence-electron chi connectivity index (χ3n) is 7.75. The molecule has 0 bridgehead atoms. The van der Waals surface area contributed by atoms with Gasteiger partial charge in [-0.05, 0) is 51.8 Å². The summed E-state index contributed by atoms with van der Waals surface area (Å²) in [5.74, 6) is -0.831. The van der Waals surface area contributed by atoms with Crippen molar-refractivity contribution in [2.75, 3.05) is 17.2 Å². The monoisotopic (exact) mass is 599 g/mol. The number of aryl methyl sites for hydroxylation is 2. The second-order valence-corrected chi connectivity index (χ2v) is 12.4. The quantitative estimate of drug-likeness (QED) is 0.224. The number of alkyl halides is 3. The van der Waals surface area contributed by atoms with Crippen molar-refractivity contribution in [3.63, 3.8) is 0 Å². The van der Waals surface area contributed by atoms with Gasteiger partial charge in [0.1, 0.15) is 16.9 Å². The molecule has 1 saturated carbocycles. The molecule has 0 radical (unpaired) electrons. The van der Waals surface area contributed by atoms with Crippen LogP contribution in [0.4, 0.5) is 24.9 Å². The minimum Gasteiger partial charge on any atom is -0.396 e. The number of nitrogens with zero attached hydrogens (tertiary/aromatic N) is 3. The van der Waals surface area contributed by atoms with Crippen molar-refractivity contribution in [3.05, 3.63) is 65.4 Å². The summed E-state index contributed by atoms with van der Waals surface area (Å²) >= 11 is 1.46. The molecule has 2 fully saturated rings. The number of hydrogen-bond acceptors (Lipinski definition) is 9. The van der Waals surface area contributed by atoms with Crippen molar-refractivity contribution >= 4 is 33.3 Å². The molecule has 4 aromatic rings. The van der Waals surface area contributed by atoms with Crippen LogP contribution in [-0.2, 0) is 9.47 Å². The topological polar surface area (TPSA) is 101 Å². The molecule has 3 N–H and O–H groups in total. The number of nitrogens with one attached hydrogen (secondary N) is 2. The Labute approximate surface area is 245 Å². The minimum absolute atomic E-state index is 0.0577. The van der Waals surface area contributed by atoms with Gasteiger partial charge < -0.3 is 25.2 Å². The summed E-state index contributed by atoms with van der Waals surface area (Å²) in [5, 5.41) is 16.7. The number of para-hydroxylation sites is 1. The van der Waals surface area contributed by atoms with Gasteiger partial charge in [0.05, 0.1) is 33.6 Å². The first kappa shape index (κ1) is 28.8. The van der Waals surface area contributed by atoms with Gasteiger partial charge in [-0.2, -0.15) is 18.2 Å². The summed E-state index contributed by atoms with van der Waals surface area (Å²) in [6, 6.07) is 11.6. The second kappa shape index (κ2) is 10.7. The maximum atomic E-state index is 14.3. The summed E-state index contributed by atoms with van der Waals surface area (Å²) in [5.41, 5.74) is 2.79. The lowest BCUT2D eigenvalue weighted by Crippen LogP contribution is -2.35. The van der Waals surface area contributed by atoms with Crippen LogP contribution in [0.3, 0.4) is 0 Å². The van der Waals surface area contributed by atoms with Crippen LogP contribution in [0, 0.1) is 19.8 Å². The van der Waals surface area contributed by atoms with Gasteiger partial charge in [0.15, 0.2) is 11.8 Å². The highest BCUT2D eigenvalue weighted by Gasteiger charge is 2.54. The lowest BCUT2D eigenvalue weighted by molar-refractivity contribution is -0.158. The van der Waals surface area contributed by atoms with E-state index < -0.39 is 18.0 Å². The van der Waals surface area contributed by atoms with Crippen molar-refractivity contribution in [1.29, 1.82) is 0 Å². The number of thiazole rings is 1. The number of aliphatic hydroxyl groups excluding tert-OH is 1. The molecular formula is C30H32F3N5O3S. The van der Waals surface area contributed by atoms with Crippen LogP contribution in [0.25, 0.3) is 20.8 Å². The SMILES string of the molecule is Cc1ccc([C@H](Nc2nc(C)c(-c3nc4ccccc4s3)c(N[C@@H]3C[C@H](CO)[C@H]4OC(C)(C)O[C@H]43)n2)C(F)(F)F)cc1. The zero-order valence-corrected chi connectivity index (χ0v) is 24.4. The number of halogens is 3. The van der Waals surface area contributed by atoms with Crippen LogP contribution in [0.2, 0.25) is 0 Å². The summed E-state index contributed by atoms with van der Waals surface area (Å²) < 4.78 is 56.1. The summed E-state index contributed by atoms with van der Waals surface area (Å²) in [7, 11) is 0. The third-order valence-corrected chi connectivity index (χ3v) is 8.80. The highest BCUT2D eigenvalue weighted by atomic mass is 32.1. The second-order valence-electron chi connectivity index (χ2n) is 11.4. The average molecular weight is 600 g/mol. The molecule has 0 spiro atoms. The molecule has 8 nitrogen and oxygen atoms in total. The molecule has 3 heterocycles. The molecule has 42 heavy (non-hydrogen) atoms. The Morgan fingerprint density at radius 3 is 2.43 bits per heavy atom. The Kier molecular flexibility index (Phi) is 7.37. The van der Waals surface area contributed by atoms with E-state index in [4.69, 9.17) is 14.5 Å². The Morgan fingerprint density at radius 1 is 1.02 bits per heavy atom. The molecular weight excluding hydrogens is 567 g/mol. The Bertz CT molecular complexity index is 1560. The molecule has 2 aliphatic rings. The van der Waals surface area contributed by atoms with E-state index in [1.165, 1.54) is 23.5 Å². The van der Waals surface area contributed by atoms with Crippen LogP contribution in [-0.4, -0.2) is 56.9 Å². The first-order chi connectivity index (χ1) is 19.9. The molecule has 1 aliphatic heterocycles. The van der Waals surface area contributed by atoms with Crippen molar-refractivity contribution in [2.45, 2.75) is 70.4 Å². The van der Waals surface area contributed by atoms with Gasteiger partial charge >= 0.3 is 6.18 Å². The summed E-state index contributed by atoms with van der Waals surface area (Å²) in [6.07, 6.45) is -4.78. The van der Waals surface area contributed by atoms with Gasteiger partial charge in [0.25, 0.3) is 0 Å². The fraction of sp³-hybridized carbons (Fsp3) is 0.433. The van der Waals surface area contributed by atoms with Crippen LogP contribution >= 0.6 is 11.3 Å². The van der Waals surface area contributed by atoms with E-state index in [0.29, 0.717) is 28.5 Å². The fourth-order valence-corrected chi connectivity index (χ4v) is 6.87. The first-order valence-electron chi connectivity index (χ1n) is 13.8. The highest BCUT2D eigenvalue weighted by molar-refractivity contribution is 7.21. The molecule has 5 atom stereocenters. The normalized spacial score (nSPS) is 24.1. The molecule has 222 valence electrons. The van der Waals surface area contributed by atoms with Crippen molar-refractivity contribution in [3.8, 4) is 10.6 Å². The number of ether oxygens (including phenoxy) is 2. The van der Waals surface area contributed by atoms with Crippen molar-refractivity contribution in [1.82, 2.24) is 15.0 Å². The molecule has 2 aromatic carbocycles. The zero-order chi connectivity index (χ0) is 29.8. The number of anilines is 2. The third kappa shape index (κ3) is 5.56. The van der Waals surface area contributed by atoms with E-state index in [-0.39, 0.29) is 42.3 Å². The van der Waals surface area contributed by atoms with Gasteiger partial charge in [0.2, 0.25) is 5.95 Å². The largest absolute Gasteiger partial charge is 0.412 e. The van der Waals surface area contributed by atoms with E-state index in [1.54, 1.807) is 19.1 Å². The Balaban J connectivity index is 1.42. The predicted molar refractivity (Wildman–Crippen MR) is 155 cm³/mol. The molecule has 12 heteroatoms. The highest BCUT2D eigenvalue weighted by Crippen LogP contribution is 2.44. The van der Waals surface area contributed by atoms with Gasteiger partial charge in [-0.3, -0.25) is 0 Å². The summed E-state index contributed by atoms with van der Waals surface area (Å²) in [6.45, 7) is 7.12. The zero-order valence-electron chi connectivity index (χ0n) is 23.6. The van der Waals surface area contributed by atoms with Crippen molar-refractivity contribution in [2.24, 2.45) is 5.92 Å². The molecule has 2 aromatic heterocycles. The summed E-state index contributed by atoms with van der Waals surface area (Å²) in [4.78, 5) is 13.9. The maximum absolute atomic E-state index is 14.3. The number of aliphatic hydroxyl groups is 1. The fourth-order valence-electron chi connectivity index (χ4n) is 5.80. The smallest absolute Gasteiger partial charge is 0.396 e. The average Bonchev–Trinajstić information content (AvgIpc) is 3.58. The van der Waals surface area contributed by atoms with E-state index in [9.17, 15) is 18.3 Å². The number of rotatable bonds is 7. The molecule has 0 amide bonds. The number of benzene rings is 2. The van der Waals surface area contributed by atoms with E-state index in [2.05, 4.69) is 20.6 Å². The number of hydrogen-bond donors (Lipinski definition) is 3. The van der Waals surface area contributed by atoms with Crippen LogP contribution < -0.4 is 10.6 Å². The lowest BCUT2D eigenvalue weighted by atomic mass is 10.0. The first-order valence-corrected chi connectivity index (χ1v) is 14.6. The maximum Gasteiger partial charge on any atom is 0.412 e. The number of fused-ring (bicyclic) bond motifs is 2. The molecule has 1 saturated heterocycles. The standard InChI is InChI=1S/C30H32F3N5O3S/c1-15-9-11-17(12-10-15)25(30(31,32)33)37-28-34-16(2)22(27-36-19-7-5-6-8-21(19)42-27)26(38-28)35-20-13-18(14-39)23-24(20)41-29(3,4)40-23/h5-12,18,20,23-25,39H,13-14H2,1-4H3,(H2,34,35,37,38)/t18-,20-,23-,24+,25+/m1/s1. The van der Waals surface area contributed by atoms with Crippen LogP contribution in [0.5, 0.6) is 0 Å². The molecule has 0 unspecified atom stereocenters. The van der Waals surface area contributed by atoms with E-state index in [1.807, 2.05) is 45.0 Å². The van der Waals surface area contributed by atoms with E-state index in [0.717, 1.165) is 15.8 Å². The van der Waals surface area contributed by atoms with Crippen LogP contribution in [0.15, 0.2) is 48.5 Å². The van der Waals surface area contributed by atoms with Gasteiger partial charge in [0, 0.05) is 12.5 Å². The van der Waals surface area contributed by atoms with E-state index >= 15 is 0 Å². The minimum atomic E-state index is -4.60. The van der Waals surface area contributed by atoms with Gasteiger partial charge in [-0.25, -0.2) is 9.97 Å². The lowest BCUT2D eigenvalue weighted by Gasteiger charge is -2.26. The van der Waals surface area contributed by atoms with Crippen molar-refractivity contribution < 1.29 is 27.8 Å². The molecule has 6 rings (SSSR count). The molecule has 1 aliphatic carbocycles.